The van der Waals surface area contributed by atoms with E-state index < -0.39 is 24.2 Å². The van der Waals surface area contributed by atoms with E-state index in [-0.39, 0.29) is 0 Å². The molecule has 0 radical (unpaired) electrons. The molecule has 0 heterocycles. The monoisotopic (exact) mass is 177 g/mol. The molecule has 0 aromatic carbocycles. The van der Waals surface area contributed by atoms with Crippen LogP contribution >= 0.6 is 0 Å². The number of hydrogen-bond acceptors (Lipinski definition) is 3. The van der Waals surface area contributed by atoms with E-state index in [4.69, 9.17) is 15.3 Å². The number of hydrogen-bond donors (Lipinski definition) is 3. The quantitative estimate of drug-likeness (QED) is 0.536. The van der Waals surface area contributed by atoms with Crippen molar-refractivity contribution in [1.29, 1.82) is 0 Å². The van der Waals surface area contributed by atoms with Crippen LogP contribution in [0.2, 0.25) is 0 Å². The molecule has 12 heavy (non-hydrogen) atoms. The first-order chi connectivity index (χ1) is 5.37. The Labute approximate surface area is 69.0 Å². The predicted octanol–water partition coefficient (Wildman–Crippen LogP) is -0.570. The standard InChI is InChI=1S/C6H11NO5/c1-3(8)4(5(9)10)7(2)6(11)12/h3-4,8H,1-2H3,(H,9,10)(H,11,12). The van der Waals surface area contributed by atoms with Gasteiger partial charge in [0, 0.05) is 7.05 Å². The van der Waals surface area contributed by atoms with Gasteiger partial charge >= 0.3 is 12.1 Å². The summed E-state index contributed by atoms with van der Waals surface area (Å²) in [5.41, 5.74) is 0. The Morgan fingerprint density at radius 2 is 1.75 bits per heavy atom. The van der Waals surface area contributed by atoms with E-state index in [9.17, 15) is 9.59 Å². The fourth-order valence-corrected chi connectivity index (χ4v) is 0.815. The molecule has 0 bridgehead atoms. The second-order valence-electron chi connectivity index (χ2n) is 2.42. The van der Waals surface area contributed by atoms with Gasteiger partial charge in [-0.2, -0.15) is 0 Å². The lowest BCUT2D eigenvalue weighted by Crippen LogP contribution is -2.48. The summed E-state index contributed by atoms with van der Waals surface area (Å²) < 4.78 is 0. The number of amides is 1. The van der Waals surface area contributed by atoms with E-state index >= 15 is 0 Å². The number of carboxylic acid groups (broad SMARTS) is 2. The summed E-state index contributed by atoms with van der Waals surface area (Å²) in [7, 11) is 1.09. The van der Waals surface area contributed by atoms with E-state index in [0.29, 0.717) is 4.90 Å². The number of aliphatic hydroxyl groups is 1. The van der Waals surface area contributed by atoms with Crippen molar-refractivity contribution < 1.29 is 24.9 Å². The molecule has 0 aromatic heterocycles. The zero-order valence-electron chi connectivity index (χ0n) is 6.76. The molecule has 0 aliphatic rings. The fourth-order valence-electron chi connectivity index (χ4n) is 0.815. The van der Waals surface area contributed by atoms with Gasteiger partial charge in [-0.3, -0.25) is 4.90 Å². The molecule has 0 aromatic rings. The van der Waals surface area contributed by atoms with Gasteiger partial charge in [-0.1, -0.05) is 0 Å². The fraction of sp³-hybridized carbons (Fsp3) is 0.667. The van der Waals surface area contributed by atoms with Crippen LogP contribution < -0.4 is 0 Å². The molecule has 0 aliphatic heterocycles. The lowest BCUT2D eigenvalue weighted by atomic mass is 10.2. The Morgan fingerprint density at radius 3 is 1.83 bits per heavy atom. The van der Waals surface area contributed by atoms with Gasteiger partial charge in [0.25, 0.3) is 0 Å². The first-order valence-electron chi connectivity index (χ1n) is 3.24. The van der Waals surface area contributed by atoms with Gasteiger partial charge in [0.1, 0.15) is 0 Å². The number of rotatable bonds is 3. The van der Waals surface area contributed by atoms with Crippen molar-refractivity contribution >= 4 is 12.1 Å². The second kappa shape index (κ2) is 3.91. The van der Waals surface area contributed by atoms with Gasteiger partial charge in [-0.25, -0.2) is 9.59 Å². The van der Waals surface area contributed by atoms with E-state index in [2.05, 4.69) is 0 Å². The highest BCUT2D eigenvalue weighted by Crippen LogP contribution is 2.02. The Hall–Kier alpha value is -1.30. The number of carbonyl (C=O) groups is 2. The minimum absolute atomic E-state index is 0.549. The normalized spacial score (nSPS) is 14.9. The average molecular weight is 177 g/mol. The van der Waals surface area contributed by atoms with Crippen molar-refractivity contribution in [3.05, 3.63) is 0 Å². The van der Waals surface area contributed by atoms with Gasteiger partial charge in [-0.15, -0.1) is 0 Å². The summed E-state index contributed by atoms with van der Waals surface area (Å²) >= 11 is 0. The Kier molecular flexibility index (Phi) is 3.49. The van der Waals surface area contributed by atoms with Crippen molar-refractivity contribution in [2.75, 3.05) is 7.05 Å². The number of aliphatic hydroxyl groups excluding tert-OH is 1. The topological polar surface area (TPSA) is 98.1 Å². The first-order valence-corrected chi connectivity index (χ1v) is 3.24. The minimum atomic E-state index is -1.41. The smallest absolute Gasteiger partial charge is 0.407 e. The maximum atomic E-state index is 10.4. The van der Waals surface area contributed by atoms with Crippen molar-refractivity contribution in [2.45, 2.75) is 19.1 Å². The predicted molar refractivity (Wildman–Crippen MR) is 38.9 cm³/mol. The lowest BCUT2D eigenvalue weighted by molar-refractivity contribution is -0.145. The summed E-state index contributed by atoms with van der Waals surface area (Å²) in [5.74, 6) is -1.37. The van der Waals surface area contributed by atoms with Crippen molar-refractivity contribution in [2.24, 2.45) is 0 Å². The Morgan fingerprint density at radius 1 is 1.33 bits per heavy atom. The molecule has 0 aliphatic carbocycles. The molecular formula is C6H11NO5. The van der Waals surface area contributed by atoms with Gasteiger partial charge < -0.3 is 15.3 Å². The molecule has 0 saturated heterocycles. The maximum absolute atomic E-state index is 10.4. The summed E-state index contributed by atoms with van der Waals surface area (Å²) in [4.78, 5) is 21.3. The van der Waals surface area contributed by atoms with Crippen LogP contribution in [0.5, 0.6) is 0 Å². The van der Waals surface area contributed by atoms with Gasteiger partial charge in [-0.05, 0) is 6.92 Å². The third-order valence-electron chi connectivity index (χ3n) is 1.43. The van der Waals surface area contributed by atoms with Gasteiger partial charge in [0.05, 0.1) is 6.10 Å². The van der Waals surface area contributed by atoms with Crippen molar-refractivity contribution in [3.8, 4) is 0 Å². The summed E-state index contributed by atoms with van der Waals surface area (Å²) in [6.45, 7) is 1.22. The van der Waals surface area contributed by atoms with Crippen LogP contribution in [0.25, 0.3) is 0 Å². The highest BCUT2D eigenvalue weighted by atomic mass is 16.4. The number of nitrogens with zero attached hydrogens (tertiary/aromatic N) is 1. The zero-order chi connectivity index (χ0) is 9.89. The number of carboxylic acids is 1. The van der Waals surface area contributed by atoms with Crippen LogP contribution in [0, 0.1) is 0 Å². The molecular weight excluding hydrogens is 166 g/mol. The van der Waals surface area contributed by atoms with Crippen LogP contribution in [-0.4, -0.2) is 51.5 Å². The lowest BCUT2D eigenvalue weighted by Gasteiger charge is -2.23. The van der Waals surface area contributed by atoms with Crippen LogP contribution in [-0.2, 0) is 4.79 Å². The molecule has 0 saturated carbocycles. The van der Waals surface area contributed by atoms with Crippen molar-refractivity contribution in [3.63, 3.8) is 0 Å². The third kappa shape index (κ3) is 2.39. The molecule has 2 atom stereocenters. The minimum Gasteiger partial charge on any atom is -0.480 e. The Bertz CT molecular complexity index is 190. The number of aliphatic carboxylic acids is 1. The molecule has 6 heteroatoms. The summed E-state index contributed by atoms with van der Waals surface area (Å²) in [6.07, 6.45) is -2.62. The van der Waals surface area contributed by atoms with E-state index in [1.165, 1.54) is 6.92 Å². The maximum Gasteiger partial charge on any atom is 0.407 e. The first kappa shape index (κ1) is 10.7. The van der Waals surface area contributed by atoms with Crippen molar-refractivity contribution in [1.82, 2.24) is 4.90 Å². The number of likely N-dealkylation sites (N-methyl/N-ethyl adjacent to an activating group) is 1. The largest absolute Gasteiger partial charge is 0.480 e. The van der Waals surface area contributed by atoms with E-state index in [1.54, 1.807) is 0 Å². The molecule has 0 rings (SSSR count). The molecule has 6 nitrogen and oxygen atoms in total. The average Bonchev–Trinajstić information content (AvgIpc) is 1.85. The Balaban J connectivity index is 4.51. The highest BCUT2D eigenvalue weighted by Gasteiger charge is 2.30. The molecule has 1 amide bonds. The van der Waals surface area contributed by atoms with Crippen LogP contribution in [0.3, 0.4) is 0 Å². The van der Waals surface area contributed by atoms with E-state index in [1.807, 2.05) is 0 Å². The SMILES string of the molecule is CC(O)C(C(=O)O)N(C)C(=O)O. The van der Waals surface area contributed by atoms with Gasteiger partial charge in [0.15, 0.2) is 6.04 Å². The highest BCUT2D eigenvalue weighted by molar-refractivity contribution is 5.79. The van der Waals surface area contributed by atoms with E-state index in [0.717, 1.165) is 7.05 Å². The van der Waals surface area contributed by atoms with Crippen LogP contribution in [0.15, 0.2) is 0 Å². The molecule has 2 unspecified atom stereocenters. The molecule has 0 fully saturated rings. The molecule has 3 N–H and O–H groups in total. The van der Waals surface area contributed by atoms with Crippen LogP contribution in [0.1, 0.15) is 6.92 Å². The third-order valence-corrected chi connectivity index (χ3v) is 1.43. The van der Waals surface area contributed by atoms with Crippen LogP contribution in [0.4, 0.5) is 4.79 Å². The molecule has 70 valence electrons. The zero-order valence-corrected chi connectivity index (χ0v) is 6.76. The second-order valence-corrected chi connectivity index (χ2v) is 2.42. The summed E-state index contributed by atoms with van der Waals surface area (Å²) in [6, 6.07) is -1.41. The molecule has 0 spiro atoms. The summed E-state index contributed by atoms with van der Waals surface area (Å²) in [5, 5.41) is 25.8. The van der Waals surface area contributed by atoms with Gasteiger partial charge in [0.2, 0.25) is 0 Å².